The smallest absolute Gasteiger partial charge is 0.254 e. The summed E-state index contributed by atoms with van der Waals surface area (Å²) in [6, 6.07) is 26.4. The van der Waals surface area contributed by atoms with Gasteiger partial charge in [0, 0.05) is 31.7 Å². The molecule has 0 saturated carbocycles. The van der Waals surface area contributed by atoms with Gasteiger partial charge in [-0.3, -0.25) is 4.79 Å². The molecule has 1 aliphatic heterocycles. The molecule has 0 atom stereocenters. The Balaban J connectivity index is 1.42. The van der Waals surface area contributed by atoms with Gasteiger partial charge in [-0.15, -0.1) is 0 Å². The topological polar surface area (TPSA) is 57.7 Å². The van der Waals surface area contributed by atoms with Gasteiger partial charge in [-0.05, 0) is 42.2 Å². The number of rotatable bonds is 6. The van der Waals surface area contributed by atoms with Gasteiger partial charge in [0.05, 0.1) is 4.90 Å². The van der Waals surface area contributed by atoms with E-state index in [4.69, 9.17) is 0 Å². The number of carbonyl (C=O) groups excluding carboxylic acids is 1. The highest BCUT2D eigenvalue weighted by atomic mass is 32.2. The van der Waals surface area contributed by atoms with E-state index in [1.54, 1.807) is 35.2 Å². The molecule has 31 heavy (non-hydrogen) atoms. The zero-order valence-electron chi connectivity index (χ0n) is 17.4. The van der Waals surface area contributed by atoms with Crippen LogP contribution < -0.4 is 0 Å². The van der Waals surface area contributed by atoms with Crippen LogP contribution in [0.5, 0.6) is 0 Å². The van der Waals surface area contributed by atoms with Crippen molar-refractivity contribution in [2.75, 3.05) is 26.2 Å². The number of hydrogen-bond donors (Lipinski definition) is 0. The number of nitrogens with zero attached hydrogens (tertiary/aromatic N) is 2. The molecule has 1 fully saturated rings. The first-order valence-corrected chi connectivity index (χ1v) is 12.0. The minimum atomic E-state index is -3.53. The molecule has 3 aromatic carbocycles. The van der Waals surface area contributed by atoms with Crippen LogP contribution in [-0.2, 0) is 22.9 Å². The SMILES string of the molecule is O=C(c1ccccc1CCc1ccccc1)N1CCN(S(=O)(=O)c2ccccc2)CC1. The normalized spacial score (nSPS) is 15.0. The molecule has 1 aliphatic rings. The van der Waals surface area contributed by atoms with E-state index in [-0.39, 0.29) is 5.91 Å². The summed E-state index contributed by atoms with van der Waals surface area (Å²) in [6.07, 6.45) is 1.66. The van der Waals surface area contributed by atoms with E-state index in [1.807, 2.05) is 42.5 Å². The molecule has 0 N–H and O–H groups in total. The summed E-state index contributed by atoms with van der Waals surface area (Å²) in [4.78, 5) is 15.3. The largest absolute Gasteiger partial charge is 0.336 e. The number of benzene rings is 3. The Labute approximate surface area is 184 Å². The van der Waals surface area contributed by atoms with Crippen molar-refractivity contribution >= 4 is 15.9 Å². The number of amides is 1. The second kappa shape index (κ2) is 9.45. The molecule has 0 unspecified atom stereocenters. The Morgan fingerprint density at radius 2 is 1.29 bits per heavy atom. The lowest BCUT2D eigenvalue weighted by Crippen LogP contribution is -2.50. The number of hydrogen-bond acceptors (Lipinski definition) is 3. The fourth-order valence-electron chi connectivity index (χ4n) is 3.91. The summed E-state index contributed by atoms with van der Waals surface area (Å²) < 4.78 is 27.1. The van der Waals surface area contributed by atoms with Crippen molar-refractivity contribution < 1.29 is 13.2 Å². The molecular formula is C25H26N2O3S. The summed E-state index contributed by atoms with van der Waals surface area (Å²) in [5.74, 6) is -0.0274. The minimum absolute atomic E-state index is 0.0274. The second-order valence-corrected chi connectivity index (χ2v) is 9.59. The molecule has 0 aliphatic carbocycles. The van der Waals surface area contributed by atoms with E-state index < -0.39 is 10.0 Å². The Kier molecular flexibility index (Phi) is 6.49. The Morgan fingerprint density at radius 3 is 1.97 bits per heavy atom. The van der Waals surface area contributed by atoms with E-state index in [2.05, 4.69) is 12.1 Å². The van der Waals surface area contributed by atoms with Crippen molar-refractivity contribution in [3.05, 3.63) is 102 Å². The first-order valence-electron chi connectivity index (χ1n) is 10.5. The summed E-state index contributed by atoms with van der Waals surface area (Å²) >= 11 is 0. The van der Waals surface area contributed by atoms with Crippen molar-refractivity contribution in [1.82, 2.24) is 9.21 Å². The van der Waals surface area contributed by atoms with Crippen molar-refractivity contribution in [3.8, 4) is 0 Å². The molecule has 1 saturated heterocycles. The van der Waals surface area contributed by atoms with Crippen LogP contribution in [0.25, 0.3) is 0 Å². The third kappa shape index (κ3) is 4.86. The molecule has 1 amide bonds. The molecule has 4 rings (SSSR count). The second-order valence-electron chi connectivity index (χ2n) is 7.65. The first kappa shape index (κ1) is 21.3. The van der Waals surface area contributed by atoms with Crippen LogP contribution in [0.15, 0.2) is 89.8 Å². The van der Waals surface area contributed by atoms with Gasteiger partial charge in [0.1, 0.15) is 0 Å². The molecule has 6 heteroatoms. The van der Waals surface area contributed by atoms with Crippen molar-refractivity contribution in [3.63, 3.8) is 0 Å². The maximum atomic E-state index is 13.2. The summed E-state index contributed by atoms with van der Waals surface area (Å²) in [7, 11) is -3.53. The standard InChI is InChI=1S/C25H26N2O3S/c28-25(24-14-8-7-11-22(24)16-15-21-9-3-1-4-10-21)26-17-19-27(20-18-26)31(29,30)23-12-5-2-6-13-23/h1-14H,15-20H2. The van der Waals surface area contributed by atoms with Crippen molar-refractivity contribution in [2.24, 2.45) is 0 Å². The van der Waals surface area contributed by atoms with E-state index >= 15 is 0 Å². The van der Waals surface area contributed by atoms with Gasteiger partial charge in [0.25, 0.3) is 5.91 Å². The first-order chi connectivity index (χ1) is 15.1. The molecule has 5 nitrogen and oxygen atoms in total. The molecule has 0 radical (unpaired) electrons. The van der Waals surface area contributed by atoms with Gasteiger partial charge in [-0.1, -0.05) is 66.7 Å². The van der Waals surface area contributed by atoms with E-state index in [0.29, 0.717) is 36.6 Å². The maximum Gasteiger partial charge on any atom is 0.254 e. The van der Waals surface area contributed by atoms with Gasteiger partial charge in [-0.25, -0.2) is 8.42 Å². The zero-order valence-corrected chi connectivity index (χ0v) is 18.2. The minimum Gasteiger partial charge on any atom is -0.336 e. The molecular weight excluding hydrogens is 408 g/mol. The van der Waals surface area contributed by atoms with Gasteiger partial charge in [0.15, 0.2) is 0 Å². The number of carbonyl (C=O) groups is 1. The van der Waals surface area contributed by atoms with Crippen molar-refractivity contribution in [1.29, 1.82) is 0 Å². The van der Waals surface area contributed by atoms with Gasteiger partial charge in [-0.2, -0.15) is 4.31 Å². The third-order valence-corrected chi connectivity index (χ3v) is 7.59. The number of sulfonamides is 1. The lowest BCUT2D eigenvalue weighted by atomic mass is 9.99. The van der Waals surface area contributed by atoms with Crippen LogP contribution in [0.3, 0.4) is 0 Å². The Morgan fingerprint density at radius 1 is 0.710 bits per heavy atom. The maximum absolute atomic E-state index is 13.2. The highest BCUT2D eigenvalue weighted by Gasteiger charge is 2.30. The fraction of sp³-hybridized carbons (Fsp3) is 0.240. The number of aryl methyl sites for hydroxylation is 2. The van der Waals surface area contributed by atoms with Crippen LogP contribution in [0.4, 0.5) is 0 Å². The molecule has 1 heterocycles. The fourth-order valence-corrected chi connectivity index (χ4v) is 5.36. The number of piperazine rings is 1. The van der Waals surface area contributed by atoms with E-state index in [9.17, 15) is 13.2 Å². The molecule has 160 valence electrons. The van der Waals surface area contributed by atoms with Crippen LogP contribution in [0.2, 0.25) is 0 Å². The molecule has 0 spiro atoms. The van der Waals surface area contributed by atoms with Crippen LogP contribution >= 0.6 is 0 Å². The highest BCUT2D eigenvalue weighted by molar-refractivity contribution is 7.89. The van der Waals surface area contributed by atoms with E-state index in [1.165, 1.54) is 9.87 Å². The monoisotopic (exact) mass is 434 g/mol. The van der Waals surface area contributed by atoms with Crippen LogP contribution in [-0.4, -0.2) is 49.7 Å². The Bertz CT molecular complexity index is 1120. The van der Waals surface area contributed by atoms with Gasteiger partial charge >= 0.3 is 0 Å². The summed E-state index contributed by atoms with van der Waals surface area (Å²) in [6.45, 7) is 1.38. The molecule has 0 bridgehead atoms. The predicted octanol–water partition coefficient (Wildman–Crippen LogP) is 3.62. The predicted molar refractivity (Wildman–Crippen MR) is 121 cm³/mol. The third-order valence-electron chi connectivity index (χ3n) is 5.68. The van der Waals surface area contributed by atoms with Crippen LogP contribution in [0.1, 0.15) is 21.5 Å². The van der Waals surface area contributed by atoms with Gasteiger partial charge in [0.2, 0.25) is 10.0 Å². The average molecular weight is 435 g/mol. The lowest BCUT2D eigenvalue weighted by Gasteiger charge is -2.34. The summed E-state index contributed by atoms with van der Waals surface area (Å²) in [5.41, 5.74) is 2.97. The van der Waals surface area contributed by atoms with Crippen LogP contribution in [0, 0.1) is 0 Å². The Hall–Kier alpha value is -2.96. The summed E-state index contributed by atoms with van der Waals surface area (Å²) in [5, 5.41) is 0. The van der Waals surface area contributed by atoms with Gasteiger partial charge < -0.3 is 4.90 Å². The van der Waals surface area contributed by atoms with E-state index in [0.717, 1.165) is 18.4 Å². The zero-order chi connectivity index (χ0) is 21.7. The molecule has 0 aromatic heterocycles. The highest BCUT2D eigenvalue weighted by Crippen LogP contribution is 2.20. The quantitative estimate of drug-likeness (QED) is 0.595. The molecule has 3 aromatic rings. The average Bonchev–Trinajstić information content (AvgIpc) is 2.84. The lowest BCUT2D eigenvalue weighted by molar-refractivity contribution is 0.0696. The van der Waals surface area contributed by atoms with Crippen molar-refractivity contribution in [2.45, 2.75) is 17.7 Å².